The van der Waals surface area contributed by atoms with Gasteiger partial charge in [0.05, 0.1) is 12.7 Å². The molecule has 0 saturated carbocycles. The van der Waals surface area contributed by atoms with E-state index in [0.29, 0.717) is 5.92 Å². The van der Waals surface area contributed by atoms with E-state index in [0.717, 1.165) is 6.61 Å². The minimum absolute atomic E-state index is 0.0937. The lowest BCUT2D eigenvalue weighted by Crippen LogP contribution is -2.29. The molecule has 0 bridgehead atoms. The van der Waals surface area contributed by atoms with E-state index in [-0.39, 0.29) is 12.1 Å². The summed E-state index contributed by atoms with van der Waals surface area (Å²) < 4.78 is 5.64. The predicted octanol–water partition coefficient (Wildman–Crippen LogP) is 1.72. The van der Waals surface area contributed by atoms with Crippen LogP contribution in [0.2, 0.25) is 0 Å². The van der Waals surface area contributed by atoms with Gasteiger partial charge in [-0.1, -0.05) is 37.3 Å². The normalized spacial score (nSPS) is 33.5. The van der Waals surface area contributed by atoms with Gasteiger partial charge in [0.25, 0.3) is 0 Å². The van der Waals surface area contributed by atoms with Gasteiger partial charge in [-0.25, -0.2) is 0 Å². The van der Waals surface area contributed by atoms with Gasteiger partial charge in [-0.2, -0.15) is 0 Å². The Kier molecular flexibility index (Phi) is 2.34. The number of hydrogen-bond acceptors (Lipinski definition) is 2. The first-order valence-electron chi connectivity index (χ1n) is 4.71. The lowest BCUT2D eigenvalue weighted by molar-refractivity contribution is 0.103. The first-order valence-corrected chi connectivity index (χ1v) is 4.71. The van der Waals surface area contributed by atoms with Crippen molar-refractivity contribution in [3.05, 3.63) is 35.9 Å². The molecule has 1 aliphatic heterocycles. The fourth-order valence-electron chi connectivity index (χ4n) is 1.74. The van der Waals surface area contributed by atoms with Crippen molar-refractivity contribution in [1.29, 1.82) is 0 Å². The molecule has 0 aliphatic carbocycles. The molecular weight excluding hydrogens is 162 g/mol. The molecular formula is C11H15NO. The van der Waals surface area contributed by atoms with Gasteiger partial charge in [-0.05, 0) is 11.5 Å². The Morgan fingerprint density at radius 1 is 1.31 bits per heavy atom. The van der Waals surface area contributed by atoms with E-state index >= 15 is 0 Å². The largest absolute Gasteiger partial charge is 0.372 e. The predicted molar refractivity (Wildman–Crippen MR) is 52.3 cm³/mol. The monoisotopic (exact) mass is 177 g/mol. The number of hydrogen-bond donors (Lipinski definition) is 1. The van der Waals surface area contributed by atoms with Crippen LogP contribution in [0, 0.1) is 5.92 Å². The summed E-state index contributed by atoms with van der Waals surface area (Å²) in [4.78, 5) is 0. The molecule has 1 aromatic carbocycles. The molecule has 0 aromatic heterocycles. The molecule has 0 amide bonds. The molecule has 13 heavy (non-hydrogen) atoms. The van der Waals surface area contributed by atoms with Gasteiger partial charge in [0.15, 0.2) is 0 Å². The van der Waals surface area contributed by atoms with Gasteiger partial charge < -0.3 is 10.5 Å². The van der Waals surface area contributed by atoms with Crippen molar-refractivity contribution >= 4 is 0 Å². The van der Waals surface area contributed by atoms with Crippen LogP contribution in [0.5, 0.6) is 0 Å². The van der Waals surface area contributed by atoms with Gasteiger partial charge in [-0.3, -0.25) is 0 Å². The van der Waals surface area contributed by atoms with Crippen LogP contribution in [0.3, 0.4) is 0 Å². The second-order valence-corrected chi connectivity index (χ2v) is 3.72. The standard InChI is InChI=1S/C11H15NO/c1-8-7-13-11(10(8)12)9-5-3-2-4-6-9/h2-6,8,10-11H,7,12H2,1H3. The molecule has 2 nitrogen and oxygen atoms in total. The summed E-state index contributed by atoms with van der Waals surface area (Å²) in [7, 11) is 0. The zero-order valence-electron chi connectivity index (χ0n) is 7.81. The Morgan fingerprint density at radius 3 is 2.54 bits per heavy atom. The summed E-state index contributed by atoms with van der Waals surface area (Å²) in [5.74, 6) is 0.463. The van der Waals surface area contributed by atoms with Gasteiger partial charge in [0.1, 0.15) is 0 Å². The van der Waals surface area contributed by atoms with E-state index in [1.54, 1.807) is 0 Å². The first-order chi connectivity index (χ1) is 6.29. The molecule has 3 unspecified atom stereocenters. The van der Waals surface area contributed by atoms with Gasteiger partial charge in [-0.15, -0.1) is 0 Å². The second-order valence-electron chi connectivity index (χ2n) is 3.72. The maximum absolute atomic E-state index is 6.03. The summed E-state index contributed by atoms with van der Waals surface area (Å²) in [6, 6.07) is 10.3. The van der Waals surface area contributed by atoms with Gasteiger partial charge in [0, 0.05) is 6.04 Å². The van der Waals surface area contributed by atoms with Crippen LogP contribution in [0.15, 0.2) is 30.3 Å². The minimum Gasteiger partial charge on any atom is -0.372 e. The SMILES string of the molecule is CC1COC(c2ccccc2)C1N. The summed E-state index contributed by atoms with van der Waals surface area (Å²) in [6.45, 7) is 2.91. The minimum atomic E-state index is 0.0937. The summed E-state index contributed by atoms with van der Waals surface area (Å²) in [6.07, 6.45) is 0.0937. The van der Waals surface area contributed by atoms with Crippen molar-refractivity contribution in [2.24, 2.45) is 11.7 Å². The summed E-state index contributed by atoms with van der Waals surface area (Å²) in [5.41, 5.74) is 7.22. The molecule has 2 rings (SSSR count). The van der Waals surface area contributed by atoms with E-state index in [1.807, 2.05) is 18.2 Å². The highest BCUT2D eigenvalue weighted by Crippen LogP contribution is 2.30. The van der Waals surface area contributed by atoms with E-state index in [2.05, 4.69) is 19.1 Å². The van der Waals surface area contributed by atoms with Crippen molar-refractivity contribution in [3.63, 3.8) is 0 Å². The van der Waals surface area contributed by atoms with Crippen LogP contribution in [0.4, 0.5) is 0 Å². The third-order valence-corrected chi connectivity index (χ3v) is 2.67. The average molecular weight is 177 g/mol. The maximum Gasteiger partial charge on any atom is 0.0979 e. The molecule has 0 spiro atoms. The molecule has 1 saturated heterocycles. The molecule has 0 radical (unpaired) electrons. The fourth-order valence-corrected chi connectivity index (χ4v) is 1.74. The Balaban J connectivity index is 2.19. The average Bonchev–Trinajstić information content (AvgIpc) is 2.49. The zero-order chi connectivity index (χ0) is 9.26. The summed E-state index contributed by atoms with van der Waals surface area (Å²) >= 11 is 0. The van der Waals surface area contributed by atoms with E-state index < -0.39 is 0 Å². The zero-order valence-corrected chi connectivity index (χ0v) is 7.81. The third kappa shape index (κ3) is 1.60. The van der Waals surface area contributed by atoms with Crippen molar-refractivity contribution in [3.8, 4) is 0 Å². The first kappa shape index (κ1) is 8.73. The maximum atomic E-state index is 6.03. The highest BCUT2D eigenvalue weighted by molar-refractivity contribution is 5.20. The van der Waals surface area contributed by atoms with Crippen LogP contribution in [0.25, 0.3) is 0 Å². The molecule has 1 heterocycles. The van der Waals surface area contributed by atoms with Crippen molar-refractivity contribution in [1.82, 2.24) is 0 Å². The van der Waals surface area contributed by atoms with Crippen molar-refractivity contribution in [2.45, 2.75) is 19.1 Å². The Morgan fingerprint density at radius 2 is 2.00 bits per heavy atom. The van der Waals surface area contributed by atoms with E-state index in [4.69, 9.17) is 10.5 Å². The number of rotatable bonds is 1. The third-order valence-electron chi connectivity index (χ3n) is 2.67. The van der Waals surface area contributed by atoms with Gasteiger partial charge in [0.2, 0.25) is 0 Å². The van der Waals surface area contributed by atoms with E-state index in [9.17, 15) is 0 Å². The molecule has 2 N–H and O–H groups in total. The van der Waals surface area contributed by atoms with Crippen LogP contribution >= 0.6 is 0 Å². The molecule has 3 atom stereocenters. The topological polar surface area (TPSA) is 35.2 Å². The number of ether oxygens (including phenoxy) is 1. The highest BCUT2D eigenvalue weighted by Gasteiger charge is 2.32. The fraction of sp³-hybridized carbons (Fsp3) is 0.455. The quantitative estimate of drug-likeness (QED) is 0.709. The molecule has 1 aromatic rings. The smallest absolute Gasteiger partial charge is 0.0979 e. The number of benzene rings is 1. The van der Waals surface area contributed by atoms with Crippen molar-refractivity contribution < 1.29 is 4.74 Å². The Bertz CT molecular complexity index is 273. The molecule has 2 heteroatoms. The van der Waals surface area contributed by atoms with Crippen LogP contribution in [-0.4, -0.2) is 12.6 Å². The van der Waals surface area contributed by atoms with Gasteiger partial charge >= 0.3 is 0 Å². The van der Waals surface area contributed by atoms with E-state index in [1.165, 1.54) is 5.56 Å². The van der Waals surface area contributed by atoms with Crippen LogP contribution in [0.1, 0.15) is 18.6 Å². The lowest BCUT2D eigenvalue weighted by Gasteiger charge is -2.16. The Labute approximate surface area is 78.7 Å². The molecule has 70 valence electrons. The van der Waals surface area contributed by atoms with Crippen LogP contribution < -0.4 is 5.73 Å². The molecule has 1 fully saturated rings. The van der Waals surface area contributed by atoms with Crippen LogP contribution in [-0.2, 0) is 4.74 Å². The lowest BCUT2D eigenvalue weighted by atomic mass is 9.97. The number of nitrogens with two attached hydrogens (primary N) is 1. The molecule has 1 aliphatic rings. The second kappa shape index (κ2) is 3.48. The summed E-state index contributed by atoms with van der Waals surface area (Å²) in [5, 5.41) is 0. The highest BCUT2D eigenvalue weighted by atomic mass is 16.5. The van der Waals surface area contributed by atoms with Crippen molar-refractivity contribution in [2.75, 3.05) is 6.61 Å². The Hall–Kier alpha value is -0.860.